The zero-order valence-electron chi connectivity index (χ0n) is 36.0. The lowest BCUT2D eigenvalue weighted by Gasteiger charge is -2.36. The molecule has 0 saturated carbocycles. The highest BCUT2D eigenvalue weighted by Crippen LogP contribution is 2.59. The van der Waals surface area contributed by atoms with E-state index in [1.165, 1.54) is 66.1 Å². The first kappa shape index (κ1) is 35.5. The first-order valence-corrected chi connectivity index (χ1v) is 23.1. The number of nitrogens with zero attached hydrogens (tertiary/aromatic N) is 2. The summed E-state index contributed by atoms with van der Waals surface area (Å²) in [5.74, 6) is 0. The minimum Gasteiger partial charge on any atom is -0.456 e. The molecule has 0 bridgehead atoms. The summed E-state index contributed by atoms with van der Waals surface area (Å²) in [6.45, 7) is 0. The van der Waals surface area contributed by atoms with E-state index in [4.69, 9.17) is 8.83 Å². The number of benzene rings is 10. The smallest absolute Gasteiger partial charge is 0.137 e. The van der Waals surface area contributed by atoms with Gasteiger partial charge in [-0.15, -0.1) is 0 Å². The Morgan fingerprint density at radius 1 is 0.284 bits per heavy atom. The summed E-state index contributed by atoms with van der Waals surface area (Å²) in [7, 11) is 0. The van der Waals surface area contributed by atoms with Gasteiger partial charge in [-0.25, -0.2) is 0 Å². The van der Waals surface area contributed by atoms with E-state index in [2.05, 4.69) is 215 Å². The summed E-state index contributed by atoms with van der Waals surface area (Å²) in [5, 5.41) is 9.38. The van der Waals surface area contributed by atoms with Gasteiger partial charge in [-0.3, -0.25) is 0 Å². The Hall–Kier alpha value is -8.86. The van der Waals surface area contributed by atoms with Crippen molar-refractivity contribution in [2.24, 2.45) is 0 Å². The van der Waals surface area contributed by atoms with Crippen LogP contribution in [0.4, 0.5) is 0 Å². The third-order valence-electron chi connectivity index (χ3n) is 15.1. The summed E-state index contributed by atoms with van der Waals surface area (Å²) in [5.41, 5.74) is 19.7. The number of hydrogen-bond donors (Lipinski definition) is 0. The molecule has 10 aromatic carbocycles. The number of hydrogen-bond acceptors (Lipinski definition) is 2. The van der Waals surface area contributed by atoms with Gasteiger partial charge in [0.05, 0.1) is 27.5 Å². The molecule has 0 fully saturated rings. The first-order chi connectivity index (χ1) is 33.2. The molecule has 0 N–H and O–H groups in total. The van der Waals surface area contributed by atoms with E-state index >= 15 is 0 Å². The van der Waals surface area contributed by atoms with Gasteiger partial charge in [0.15, 0.2) is 0 Å². The second-order valence-electron chi connectivity index (χ2n) is 18.4. The van der Waals surface area contributed by atoms with Crippen molar-refractivity contribution in [3.05, 3.63) is 240 Å². The van der Waals surface area contributed by atoms with Crippen LogP contribution in [0.5, 0.6) is 0 Å². The van der Waals surface area contributed by atoms with E-state index in [9.17, 15) is 0 Å². The minimum atomic E-state index is -0.664. The summed E-state index contributed by atoms with van der Waals surface area (Å²) in [6.07, 6.45) is 4.66. The first-order valence-electron chi connectivity index (χ1n) is 23.1. The monoisotopic (exact) mass is 852 g/mol. The molecule has 310 valence electrons. The molecule has 4 aromatic heterocycles. The number of furan rings is 2. The Kier molecular flexibility index (Phi) is 6.72. The van der Waals surface area contributed by atoms with Gasteiger partial charge >= 0.3 is 0 Å². The van der Waals surface area contributed by atoms with Gasteiger partial charge in [0.2, 0.25) is 0 Å². The molecule has 4 heteroatoms. The number of rotatable bonds is 2. The topological polar surface area (TPSA) is 36.1 Å². The van der Waals surface area contributed by atoms with E-state index in [1.807, 2.05) is 12.1 Å². The quantitative estimate of drug-likeness (QED) is 0.174. The van der Waals surface area contributed by atoms with Crippen LogP contribution in [0.25, 0.3) is 122 Å². The molecule has 14 aromatic rings. The van der Waals surface area contributed by atoms with E-state index in [0.717, 1.165) is 77.3 Å². The fourth-order valence-electron chi connectivity index (χ4n) is 12.4. The van der Waals surface area contributed by atoms with E-state index < -0.39 is 5.41 Å². The van der Waals surface area contributed by atoms with Crippen LogP contribution in [0.2, 0.25) is 0 Å². The van der Waals surface area contributed by atoms with Crippen molar-refractivity contribution in [3.63, 3.8) is 0 Å². The van der Waals surface area contributed by atoms with Gasteiger partial charge < -0.3 is 18.0 Å². The van der Waals surface area contributed by atoms with E-state index in [1.54, 1.807) is 0 Å². The van der Waals surface area contributed by atoms with Crippen LogP contribution in [0.3, 0.4) is 0 Å². The van der Waals surface area contributed by atoms with Gasteiger partial charge in [0.1, 0.15) is 22.3 Å². The molecule has 0 saturated heterocycles. The van der Waals surface area contributed by atoms with Crippen molar-refractivity contribution in [1.29, 1.82) is 0 Å². The lowest BCUT2D eigenvalue weighted by Crippen LogP contribution is -2.30. The average Bonchev–Trinajstić information content (AvgIpc) is 4.15. The Labute approximate surface area is 383 Å². The Morgan fingerprint density at radius 2 is 0.701 bits per heavy atom. The molecule has 67 heavy (non-hydrogen) atoms. The average molecular weight is 853 g/mol. The maximum absolute atomic E-state index is 6.55. The third kappa shape index (κ3) is 4.52. The van der Waals surface area contributed by atoms with E-state index in [-0.39, 0.29) is 0 Å². The van der Waals surface area contributed by atoms with Gasteiger partial charge in [0, 0.05) is 66.6 Å². The molecule has 4 heterocycles. The van der Waals surface area contributed by atoms with Gasteiger partial charge in [0.25, 0.3) is 0 Å². The largest absolute Gasteiger partial charge is 0.456 e. The fraction of sp³-hybridized carbons (Fsp3) is 0.0159. The molecule has 1 spiro atoms. The summed E-state index contributed by atoms with van der Waals surface area (Å²) >= 11 is 0. The van der Waals surface area contributed by atoms with Gasteiger partial charge in [-0.05, 0) is 105 Å². The fourth-order valence-corrected chi connectivity index (χ4v) is 12.4. The second-order valence-corrected chi connectivity index (χ2v) is 18.4. The van der Waals surface area contributed by atoms with Gasteiger partial charge in [-0.2, -0.15) is 0 Å². The molecule has 2 aliphatic rings. The van der Waals surface area contributed by atoms with Crippen LogP contribution in [0.15, 0.2) is 215 Å². The van der Waals surface area contributed by atoms with Crippen LogP contribution in [0.1, 0.15) is 33.4 Å². The zero-order chi connectivity index (χ0) is 43.5. The lowest BCUT2D eigenvalue weighted by atomic mass is 9.66. The molecular formula is C63H36N2O2. The number of aromatic nitrogens is 2. The predicted molar refractivity (Wildman–Crippen MR) is 276 cm³/mol. The van der Waals surface area contributed by atoms with Crippen molar-refractivity contribution < 1.29 is 8.83 Å². The number of fused-ring (bicyclic) bond motifs is 21. The highest BCUT2D eigenvalue weighted by atomic mass is 16.3. The van der Waals surface area contributed by atoms with Crippen molar-refractivity contribution in [3.8, 4) is 22.5 Å². The van der Waals surface area contributed by atoms with Crippen molar-refractivity contribution in [1.82, 2.24) is 9.13 Å². The summed E-state index contributed by atoms with van der Waals surface area (Å²) in [4.78, 5) is 0. The molecule has 2 aliphatic carbocycles. The standard InChI is InChI=1S/C63H36N2O2/c1-7-19-51-41(13-1)42-14-2-8-20-52(42)63(51)53-31-39(64-55-21-9-3-15-43(55)47-33-49-45-17-5-11-23-59(45)66-61(49)35-57(47)64)29-27-37(53)25-26-38-28-30-40(32-54(38)63)65-56-22-10-4-16-44(56)48-34-50-46-18-6-12-24-60(46)67-62(50)36-58(48)65/h1-36H. The van der Waals surface area contributed by atoms with Crippen molar-refractivity contribution in [2.75, 3.05) is 0 Å². The maximum Gasteiger partial charge on any atom is 0.137 e. The van der Waals surface area contributed by atoms with Crippen LogP contribution >= 0.6 is 0 Å². The van der Waals surface area contributed by atoms with E-state index in [0.29, 0.717) is 0 Å². The van der Waals surface area contributed by atoms with Crippen molar-refractivity contribution in [2.45, 2.75) is 5.41 Å². The Bertz CT molecular complexity index is 4240. The molecule has 4 nitrogen and oxygen atoms in total. The van der Waals surface area contributed by atoms with Crippen LogP contribution in [0, 0.1) is 0 Å². The number of para-hydroxylation sites is 4. The molecule has 16 rings (SSSR count). The van der Waals surface area contributed by atoms with Gasteiger partial charge in [-0.1, -0.05) is 146 Å². The SMILES string of the molecule is C1=Cc2ccc(-n3c4ccccc4c4cc5c(cc43)oc3ccccc35)cc2C2(c3cc(-n4c5ccccc5c5cc6c(cc54)oc4ccccc46)ccc31)c1ccccc1-c1ccccc12. The summed E-state index contributed by atoms with van der Waals surface area (Å²) in [6, 6.07) is 75.9. The molecule has 0 unspecified atom stereocenters. The molecule has 0 atom stereocenters. The zero-order valence-corrected chi connectivity index (χ0v) is 36.0. The van der Waals surface area contributed by atoms with Crippen LogP contribution < -0.4 is 0 Å². The van der Waals surface area contributed by atoms with Crippen molar-refractivity contribution >= 4 is 99.6 Å². The third-order valence-corrected chi connectivity index (χ3v) is 15.1. The molecular weight excluding hydrogens is 817 g/mol. The molecule has 0 amide bonds. The minimum absolute atomic E-state index is 0.664. The Balaban J connectivity index is 0.999. The van der Waals surface area contributed by atoms with Crippen LogP contribution in [-0.2, 0) is 5.41 Å². The summed E-state index contributed by atoms with van der Waals surface area (Å²) < 4.78 is 18.0. The highest BCUT2D eigenvalue weighted by molar-refractivity contribution is 6.19. The Morgan fingerprint density at radius 3 is 1.19 bits per heavy atom. The lowest BCUT2D eigenvalue weighted by molar-refractivity contribution is 0.669. The molecule has 0 aliphatic heterocycles. The normalized spacial score (nSPS) is 13.7. The maximum atomic E-state index is 6.55. The van der Waals surface area contributed by atoms with Crippen LogP contribution in [-0.4, -0.2) is 9.13 Å². The highest BCUT2D eigenvalue weighted by Gasteiger charge is 2.48. The molecule has 0 radical (unpaired) electrons. The second kappa shape index (κ2) is 12.7. The predicted octanol–water partition coefficient (Wildman–Crippen LogP) is 16.5.